The van der Waals surface area contributed by atoms with Gasteiger partial charge in [0.1, 0.15) is 0 Å². The zero-order valence-electron chi connectivity index (χ0n) is 14.7. The van der Waals surface area contributed by atoms with E-state index in [1.54, 1.807) is 18.5 Å². The average Bonchev–Trinajstić information content (AvgIpc) is 3.43. The van der Waals surface area contributed by atoms with Crippen molar-refractivity contribution in [2.75, 3.05) is 11.1 Å². The van der Waals surface area contributed by atoms with Crippen LogP contribution in [-0.2, 0) is 4.79 Å². The normalized spacial score (nSPS) is 13.6. The predicted molar refractivity (Wildman–Crippen MR) is 107 cm³/mol. The Morgan fingerprint density at radius 1 is 1.30 bits per heavy atom. The average molecular weight is 400 g/mol. The number of halogens is 1. The number of carbonyl (C=O) groups is 1. The van der Waals surface area contributed by atoms with Gasteiger partial charge >= 0.3 is 0 Å². The molecular formula is C19H18ClN5OS. The van der Waals surface area contributed by atoms with Crippen LogP contribution in [0.2, 0.25) is 5.02 Å². The van der Waals surface area contributed by atoms with Crippen molar-refractivity contribution < 1.29 is 4.79 Å². The van der Waals surface area contributed by atoms with E-state index >= 15 is 0 Å². The minimum Gasteiger partial charge on any atom is -0.325 e. The summed E-state index contributed by atoms with van der Waals surface area (Å²) in [7, 11) is 0. The summed E-state index contributed by atoms with van der Waals surface area (Å²) in [6, 6.07) is 9.72. The van der Waals surface area contributed by atoms with Gasteiger partial charge in [0.2, 0.25) is 5.91 Å². The predicted octanol–water partition coefficient (Wildman–Crippen LogP) is 4.37. The van der Waals surface area contributed by atoms with E-state index in [0.717, 1.165) is 40.6 Å². The topological polar surface area (TPSA) is 72.7 Å². The van der Waals surface area contributed by atoms with Gasteiger partial charge in [-0.1, -0.05) is 29.4 Å². The fourth-order valence-corrected chi connectivity index (χ4v) is 3.77. The van der Waals surface area contributed by atoms with Crippen LogP contribution in [0.4, 0.5) is 5.69 Å². The number of nitrogens with zero attached hydrogens (tertiary/aromatic N) is 4. The molecule has 0 aliphatic heterocycles. The molecule has 1 aromatic carbocycles. The third-order valence-electron chi connectivity index (χ3n) is 4.37. The monoisotopic (exact) mass is 399 g/mol. The van der Waals surface area contributed by atoms with Gasteiger partial charge in [0, 0.05) is 34.7 Å². The lowest BCUT2D eigenvalue weighted by molar-refractivity contribution is -0.113. The van der Waals surface area contributed by atoms with Crippen LogP contribution in [0.5, 0.6) is 0 Å². The van der Waals surface area contributed by atoms with Crippen molar-refractivity contribution >= 4 is 35.0 Å². The van der Waals surface area contributed by atoms with Crippen LogP contribution in [0.15, 0.2) is 47.9 Å². The molecule has 138 valence electrons. The highest BCUT2D eigenvalue weighted by molar-refractivity contribution is 7.99. The molecule has 1 N–H and O–H groups in total. The van der Waals surface area contributed by atoms with Crippen molar-refractivity contribution in [3.8, 4) is 11.4 Å². The quantitative estimate of drug-likeness (QED) is 0.623. The number of pyridine rings is 1. The minimum atomic E-state index is -0.0985. The summed E-state index contributed by atoms with van der Waals surface area (Å²) < 4.78 is 2.12. The Bertz CT molecular complexity index is 971. The second-order valence-electron chi connectivity index (χ2n) is 6.40. The number of amides is 1. The van der Waals surface area contributed by atoms with Gasteiger partial charge in [0.15, 0.2) is 11.0 Å². The van der Waals surface area contributed by atoms with Gasteiger partial charge in [-0.25, -0.2) is 0 Å². The van der Waals surface area contributed by atoms with E-state index in [1.165, 1.54) is 11.8 Å². The Morgan fingerprint density at radius 2 is 2.15 bits per heavy atom. The Kier molecular flexibility index (Phi) is 5.13. The maximum atomic E-state index is 12.4. The molecule has 1 aliphatic carbocycles. The van der Waals surface area contributed by atoms with Gasteiger partial charge < -0.3 is 5.32 Å². The molecule has 27 heavy (non-hydrogen) atoms. The van der Waals surface area contributed by atoms with Crippen molar-refractivity contribution in [1.29, 1.82) is 0 Å². The van der Waals surface area contributed by atoms with E-state index < -0.39 is 0 Å². The van der Waals surface area contributed by atoms with E-state index in [9.17, 15) is 4.79 Å². The molecule has 1 fully saturated rings. The van der Waals surface area contributed by atoms with Gasteiger partial charge in [-0.3, -0.25) is 14.3 Å². The Labute approximate surface area is 166 Å². The third kappa shape index (κ3) is 3.99. The molecule has 0 saturated heterocycles. The van der Waals surface area contributed by atoms with Gasteiger partial charge in [-0.15, -0.1) is 10.2 Å². The highest BCUT2D eigenvalue weighted by atomic mass is 35.5. The first-order valence-corrected chi connectivity index (χ1v) is 10.0. The summed E-state index contributed by atoms with van der Waals surface area (Å²) >= 11 is 7.50. The van der Waals surface area contributed by atoms with E-state index in [0.29, 0.717) is 11.1 Å². The maximum Gasteiger partial charge on any atom is 0.234 e. The number of aromatic nitrogens is 4. The third-order valence-corrected chi connectivity index (χ3v) is 5.72. The van der Waals surface area contributed by atoms with Crippen LogP contribution in [0.3, 0.4) is 0 Å². The molecule has 0 bridgehead atoms. The van der Waals surface area contributed by atoms with Crippen LogP contribution in [-0.4, -0.2) is 31.4 Å². The molecule has 6 nitrogen and oxygen atoms in total. The molecule has 1 amide bonds. The molecule has 3 aromatic rings. The molecule has 4 rings (SSSR count). The van der Waals surface area contributed by atoms with Crippen LogP contribution >= 0.6 is 23.4 Å². The second-order valence-corrected chi connectivity index (χ2v) is 7.75. The van der Waals surface area contributed by atoms with Gasteiger partial charge in [0.05, 0.1) is 5.75 Å². The van der Waals surface area contributed by atoms with E-state index in [1.807, 2.05) is 31.2 Å². The lowest BCUT2D eigenvalue weighted by atomic mass is 10.2. The summed E-state index contributed by atoms with van der Waals surface area (Å²) in [6.45, 7) is 1.88. The largest absolute Gasteiger partial charge is 0.325 e. The molecule has 2 aromatic heterocycles. The van der Waals surface area contributed by atoms with Crippen molar-refractivity contribution in [2.45, 2.75) is 31.0 Å². The maximum absolute atomic E-state index is 12.4. The lowest BCUT2D eigenvalue weighted by Crippen LogP contribution is -2.15. The standard InChI is InChI=1S/C19H18ClN5OS/c1-12-15(20)5-2-6-16(12)22-17(26)11-27-19-24-23-18(25(19)14-7-8-14)13-4-3-9-21-10-13/h2-6,9-10,14H,7-8,11H2,1H3,(H,22,26). The number of benzene rings is 1. The molecule has 2 heterocycles. The minimum absolute atomic E-state index is 0.0985. The summed E-state index contributed by atoms with van der Waals surface area (Å²) in [5.74, 6) is 0.960. The number of carbonyl (C=O) groups excluding carboxylic acids is 1. The Balaban J connectivity index is 1.48. The number of anilines is 1. The summed E-state index contributed by atoms with van der Waals surface area (Å²) in [4.78, 5) is 16.5. The van der Waals surface area contributed by atoms with Gasteiger partial charge in [0.25, 0.3) is 0 Å². The summed E-state index contributed by atoms with van der Waals surface area (Å²) in [5, 5.41) is 13.0. The van der Waals surface area contributed by atoms with Crippen LogP contribution in [0, 0.1) is 6.92 Å². The first-order valence-electron chi connectivity index (χ1n) is 8.66. The SMILES string of the molecule is Cc1c(Cl)cccc1NC(=O)CSc1nnc(-c2cccnc2)n1C1CC1. The number of thioether (sulfide) groups is 1. The molecule has 0 spiro atoms. The molecule has 1 saturated carbocycles. The molecular weight excluding hydrogens is 382 g/mol. The first kappa shape index (κ1) is 18.0. The van der Waals surface area contributed by atoms with Crippen molar-refractivity contribution in [1.82, 2.24) is 19.7 Å². The van der Waals surface area contributed by atoms with E-state index in [2.05, 4.69) is 25.1 Å². The number of rotatable bonds is 6. The van der Waals surface area contributed by atoms with E-state index in [-0.39, 0.29) is 11.7 Å². The molecule has 1 aliphatic rings. The van der Waals surface area contributed by atoms with Gasteiger partial charge in [-0.2, -0.15) is 0 Å². The van der Waals surface area contributed by atoms with Crippen molar-refractivity contribution in [3.05, 3.63) is 53.3 Å². The van der Waals surface area contributed by atoms with Crippen LogP contribution < -0.4 is 5.32 Å². The van der Waals surface area contributed by atoms with Gasteiger partial charge in [-0.05, 0) is 49.6 Å². The lowest BCUT2D eigenvalue weighted by Gasteiger charge is -2.10. The smallest absolute Gasteiger partial charge is 0.234 e. The Hall–Kier alpha value is -2.38. The van der Waals surface area contributed by atoms with Crippen LogP contribution in [0.1, 0.15) is 24.4 Å². The Morgan fingerprint density at radius 3 is 2.89 bits per heavy atom. The zero-order chi connectivity index (χ0) is 18.8. The number of hydrogen-bond donors (Lipinski definition) is 1. The molecule has 0 atom stereocenters. The van der Waals surface area contributed by atoms with E-state index in [4.69, 9.17) is 11.6 Å². The highest BCUT2D eigenvalue weighted by Crippen LogP contribution is 2.40. The summed E-state index contributed by atoms with van der Waals surface area (Å²) in [6.07, 6.45) is 5.73. The van der Waals surface area contributed by atoms with Crippen molar-refractivity contribution in [3.63, 3.8) is 0 Å². The highest BCUT2D eigenvalue weighted by Gasteiger charge is 2.30. The van der Waals surface area contributed by atoms with Crippen molar-refractivity contribution in [2.24, 2.45) is 0 Å². The summed E-state index contributed by atoms with van der Waals surface area (Å²) in [5.41, 5.74) is 2.52. The first-order chi connectivity index (χ1) is 13.1. The molecule has 8 heteroatoms. The molecule has 0 unspecified atom stereocenters. The number of hydrogen-bond acceptors (Lipinski definition) is 5. The second kappa shape index (κ2) is 7.70. The zero-order valence-corrected chi connectivity index (χ0v) is 16.3. The molecule has 0 radical (unpaired) electrons. The fraction of sp³-hybridized carbons (Fsp3) is 0.263. The fourth-order valence-electron chi connectivity index (χ4n) is 2.79. The number of nitrogens with one attached hydrogen (secondary N) is 1. The van der Waals surface area contributed by atoms with Crippen LogP contribution in [0.25, 0.3) is 11.4 Å².